The summed E-state index contributed by atoms with van der Waals surface area (Å²) in [5, 5.41) is 1.18. The van der Waals surface area contributed by atoms with Crippen molar-refractivity contribution < 1.29 is 0 Å². The van der Waals surface area contributed by atoms with Crippen LogP contribution in [-0.2, 0) is 0 Å². The van der Waals surface area contributed by atoms with Crippen molar-refractivity contribution in [1.29, 1.82) is 0 Å². The van der Waals surface area contributed by atoms with Crippen LogP contribution in [0.25, 0.3) is 33.8 Å². The van der Waals surface area contributed by atoms with Crippen LogP contribution in [0.15, 0.2) is 77.3 Å². The number of halogens is 1. The van der Waals surface area contributed by atoms with Crippen molar-refractivity contribution in [1.82, 2.24) is 4.98 Å². The van der Waals surface area contributed by atoms with Crippen LogP contribution in [0, 0.1) is 6.92 Å². The minimum absolute atomic E-state index is 1.04. The Bertz CT molecular complexity index is 1190. The van der Waals surface area contributed by atoms with E-state index in [1.165, 1.54) is 38.8 Å². The summed E-state index contributed by atoms with van der Waals surface area (Å²) < 4.78 is 1.09. The fourth-order valence-electron chi connectivity index (χ4n) is 3.64. The molecular formula is C24H16BrN. The van der Waals surface area contributed by atoms with E-state index in [2.05, 4.69) is 95.7 Å². The van der Waals surface area contributed by atoms with Crippen LogP contribution in [0.3, 0.4) is 0 Å². The van der Waals surface area contributed by atoms with Gasteiger partial charge < -0.3 is 0 Å². The van der Waals surface area contributed by atoms with Crippen LogP contribution in [0.2, 0.25) is 0 Å². The highest BCUT2D eigenvalue weighted by Crippen LogP contribution is 2.45. The first kappa shape index (κ1) is 15.5. The summed E-state index contributed by atoms with van der Waals surface area (Å²) in [5.41, 5.74) is 9.54. The van der Waals surface area contributed by atoms with Crippen molar-refractivity contribution in [3.63, 3.8) is 0 Å². The molecule has 0 atom stereocenters. The lowest BCUT2D eigenvalue weighted by atomic mass is 10.00. The van der Waals surface area contributed by atoms with Crippen molar-refractivity contribution in [3.05, 3.63) is 99.5 Å². The number of para-hydroxylation sites is 1. The van der Waals surface area contributed by atoms with Crippen molar-refractivity contribution in [2.75, 3.05) is 0 Å². The zero-order valence-corrected chi connectivity index (χ0v) is 15.9. The third kappa shape index (κ3) is 2.49. The molecule has 0 fully saturated rings. The minimum atomic E-state index is 1.04. The fourth-order valence-corrected chi connectivity index (χ4v) is 3.91. The maximum Gasteiger partial charge on any atom is 0.0794 e. The number of rotatable bonds is 1. The second kappa shape index (κ2) is 5.93. The molecule has 1 nitrogen and oxygen atoms in total. The van der Waals surface area contributed by atoms with E-state index in [0.29, 0.717) is 0 Å². The molecule has 4 aromatic rings. The van der Waals surface area contributed by atoms with Gasteiger partial charge in [-0.05, 0) is 60.0 Å². The monoisotopic (exact) mass is 397 g/mol. The van der Waals surface area contributed by atoms with Gasteiger partial charge in [-0.15, -0.1) is 0 Å². The Hall–Kier alpha value is -2.71. The highest BCUT2D eigenvalue weighted by molar-refractivity contribution is 9.10. The van der Waals surface area contributed by atoms with Crippen molar-refractivity contribution in [2.24, 2.45) is 0 Å². The number of aromatic nitrogens is 1. The fraction of sp³-hybridized carbons (Fsp3) is 0.0417. The number of pyridine rings is 1. The molecule has 0 radical (unpaired) electrons. The predicted octanol–water partition coefficient (Wildman–Crippen LogP) is 6.88. The van der Waals surface area contributed by atoms with E-state index in [4.69, 9.17) is 4.98 Å². The zero-order chi connectivity index (χ0) is 17.7. The van der Waals surface area contributed by atoms with Gasteiger partial charge in [-0.25, -0.2) is 4.98 Å². The smallest absolute Gasteiger partial charge is 0.0794 e. The van der Waals surface area contributed by atoms with E-state index >= 15 is 0 Å². The summed E-state index contributed by atoms with van der Waals surface area (Å²) in [7, 11) is 0. The molecule has 26 heavy (non-hydrogen) atoms. The van der Waals surface area contributed by atoms with Gasteiger partial charge in [0.15, 0.2) is 0 Å². The van der Waals surface area contributed by atoms with Gasteiger partial charge in [-0.1, -0.05) is 64.0 Å². The normalized spacial score (nSPS) is 13.8. The summed E-state index contributed by atoms with van der Waals surface area (Å²) >= 11 is 3.51. The first-order chi connectivity index (χ1) is 12.7. The van der Waals surface area contributed by atoms with E-state index in [9.17, 15) is 0 Å². The molecule has 0 bridgehead atoms. The maximum atomic E-state index is 5.00. The molecule has 0 N–H and O–H groups in total. The van der Waals surface area contributed by atoms with Gasteiger partial charge in [0.05, 0.1) is 11.2 Å². The van der Waals surface area contributed by atoms with E-state index in [0.717, 1.165) is 15.7 Å². The first-order valence-electron chi connectivity index (χ1n) is 8.68. The first-order valence-corrected chi connectivity index (χ1v) is 9.47. The molecule has 0 amide bonds. The molecule has 3 aromatic carbocycles. The Morgan fingerprint density at radius 2 is 1.62 bits per heavy atom. The molecule has 1 aliphatic carbocycles. The van der Waals surface area contributed by atoms with Gasteiger partial charge in [0.25, 0.3) is 0 Å². The average Bonchev–Trinajstić information content (AvgIpc) is 2.94. The average molecular weight is 398 g/mol. The summed E-state index contributed by atoms with van der Waals surface area (Å²) in [4.78, 5) is 5.00. The van der Waals surface area contributed by atoms with Crippen LogP contribution >= 0.6 is 15.9 Å². The second-order valence-electron chi connectivity index (χ2n) is 6.74. The zero-order valence-electron chi connectivity index (χ0n) is 14.3. The van der Waals surface area contributed by atoms with Gasteiger partial charge >= 0.3 is 0 Å². The van der Waals surface area contributed by atoms with E-state index < -0.39 is 0 Å². The molecule has 0 saturated carbocycles. The molecule has 1 aliphatic rings. The SMILES string of the molecule is Cc1ccc2c(c1)-c1nc3ccccc3cc1/C2=C/c1ccc(Br)cc1. The molecular weight excluding hydrogens is 382 g/mol. The van der Waals surface area contributed by atoms with Crippen molar-refractivity contribution in [2.45, 2.75) is 6.92 Å². The highest BCUT2D eigenvalue weighted by atomic mass is 79.9. The highest BCUT2D eigenvalue weighted by Gasteiger charge is 2.25. The van der Waals surface area contributed by atoms with E-state index in [1.54, 1.807) is 0 Å². The quantitative estimate of drug-likeness (QED) is 0.300. The van der Waals surface area contributed by atoms with Crippen LogP contribution in [0.1, 0.15) is 22.3 Å². The number of benzene rings is 3. The minimum Gasteiger partial charge on any atom is -0.247 e. The standard InChI is InChI=1S/C24H16BrN/c1-15-6-11-19-20(13-16-7-9-18(25)10-8-16)22-14-17-4-2-3-5-23(17)26-24(22)21(19)12-15/h2-14H,1H3/b20-13+. The number of hydrogen-bond acceptors (Lipinski definition) is 1. The molecule has 0 aliphatic heterocycles. The van der Waals surface area contributed by atoms with Crippen LogP contribution in [0.5, 0.6) is 0 Å². The molecule has 0 spiro atoms. The predicted molar refractivity (Wildman–Crippen MR) is 113 cm³/mol. The van der Waals surface area contributed by atoms with Gasteiger partial charge in [-0.2, -0.15) is 0 Å². The Kier molecular flexibility index (Phi) is 3.54. The van der Waals surface area contributed by atoms with Crippen molar-refractivity contribution >= 4 is 38.5 Å². The lowest BCUT2D eigenvalue weighted by Crippen LogP contribution is -1.87. The van der Waals surface area contributed by atoms with E-state index in [1.807, 2.05) is 6.07 Å². The second-order valence-corrected chi connectivity index (χ2v) is 7.65. The Labute approximate surface area is 161 Å². The Morgan fingerprint density at radius 1 is 0.808 bits per heavy atom. The molecule has 124 valence electrons. The lowest BCUT2D eigenvalue weighted by Gasteiger charge is -2.05. The van der Waals surface area contributed by atoms with Crippen LogP contribution in [-0.4, -0.2) is 4.98 Å². The van der Waals surface area contributed by atoms with Gasteiger partial charge in [0.2, 0.25) is 0 Å². The number of nitrogens with zero attached hydrogens (tertiary/aromatic N) is 1. The van der Waals surface area contributed by atoms with Crippen molar-refractivity contribution in [3.8, 4) is 11.3 Å². The summed E-state index contributed by atoms with van der Waals surface area (Å²) in [6, 6.07) is 25.7. The summed E-state index contributed by atoms with van der Waals surface area (Å²) in [5.74, 6) is 0. The molecule has 0 saturated heterocycles. The van der Waals surface area contributed by atoms with Gasteiger partial charge in [-0.3, -0.25) is 0 Å². The van der Waals surface area contributed by atoms with Crippen LogP contribution < -0.4 is 0 Å². The molecule has 2 heteroatoms. The molecule has 1 aromatic heterocycles. The largest absolute Gasteiger partial charge is 0.247 e. The Balaban J connectivity index is 1.81. The number of fused-ring (bicyclic) bond motifs is 4. The van der Waals surface area contributed by atoms with E-state index in [-0.39, 0.29) is 0 Å². The van der Waals surface area contributed by atoms with Crippen LogP contribution in [0.4, 0.5) is 0 Å². The number of aryl methyl sites for hydroxylation is 1. The lowest BCUT2D eigenvalue weighted by molar-refractivity contribution is 1.39. The van der Waals surface area contributed by atoms with Gasteiger partial charge in [0.1, 0.15) is 0 Å². The van der Waals surface area contributed by atoms with Gasteiger partial charge in [0, 0.05) is 21.0 Å². The third-order valence-electron chi connectivity index (χ3n) is 4.92. The summed E-state index contributed by atoms with van der Waals surface area (Å²) in [6.07, 6.45) is 2.27. The Morgan fingerprint density at radius 3 is 2.46 bits per heavy atom. The molecule has 5 rings (SSSR count). The summed E-state index contributed by atoms with van der Waals surface area (Å²) in [6.45, 7) is 2.14. The maximum absolute atomic E-state index is 5.00. The third-order valence-corrected chi connectivity index (χ3v) is 5.44. The topological polar surface area (TPSA) is 12.9 Å². The molecule has 1 heterocycles. The number of hydrogen-bond donors (Lipinski definition) is 0. The molecule has 0 unspecified atom stereocenters.